The van der Waals surface area contributed by atoms with E-state index < -0.39 is 35.4 Å². The van der Waals surface area contributed by atoms with Crippen LogP contribution in [0.5, 0.6) is 0 Å². The fourth-order valence-corrected chi connectivity index (χ4v) is 5.27. The maximum atomic E-state index is 13.0. The van der Waals surface area contributed by atoms with Crippen molar-refractivity contribution in [2.75, 3.05) is 5.32 Å². The minimum absolute atomic E-state index is 0.00254. The first-order valence-electron chi connectivity index (χ1n) is 10.9. The number of nitrogens with two attached hydrogens (primary N) is 1. The lowest BCUT2D eigenvalue weighted by atomic mass is 9.66. The van der Waals surface area contributed by atoms with E-state index in [1.54, 1.807) is 24.3 Å². The predicted octanol–water partition coefficient (Wildman–Crippen LogP) is 3.55. The molecule has 0 aromatic heterocycles. The van der Waals surface area contributed by atoms with Gasteiger partial charge in [0.05, 0.1) is 0 Å². The normalized spacial score (nSPS) is 23.7. The minimum atomic E-state index is -1.86. The number of hydrogen-bond donors (Lipinski definition) is 3. The van der Waals surface area contributed by atoms with Crippen LogP contribution in [0.15, 0.2) is 48.5 Å². The Morgan fingerprint density at radius 1 is 1.10 bits per heavy atom. The van der Waals surface area contributed by atoms with Crippen molar-refractivity contribution in [3.63, 3.8) is 0 Å². The average Bonchev–Trinajstić information content (AvgIpc) is 3.24. The Bertz CT molecular complexity index is 1020. The average molecular weight is 421 g/mol. The van der Waals surface area contributed by atoms with E-state index >= 15 is 0 Å². The molecule has 2 aromatic carbocycles. The second-order valence-electron chi connectivity index (χ2n) is 8.74. The first kappa shape index (κ1) is 21.2. The van der Waals surface area contributed by atoms with Crippen LogP contribution in [0.3, 0.4) is 0 Å². The smallest absolute Gasteiger partial charge is 0.324 e. The van der Waals surface area contributed by atoms with Crippen molar-refractivity contribution < 1.29 is 19.5 Å². The fourth-order valence-electron chi connectivity index (χ4n) is 5.27. The van der Waals surface area contributed by atoms with Gasteiger partial charge in [0.25, 0.3) is 0 Å². The van der Waals surface area contributed by atoms with Crippen molar-refractivity contribution in [3.05, 3.63) is 65.2 Å². The van der Waals surface area contributed by atoms with Gasteiger partial charge in [-0.15, -0.1) is 0 Å². The first-order valence-corrected chi connectivity index (χ1v) is 10.9. The van der Waals surface area contributed by atoms with Crippen LogP contribution in [-0.2, 0) is 16.0 Å². The molecule has 4 atom stereocenters. The number of para-hydroxylation sites is 1. The molecule has 0 spiro atoms. The van der Waals surface area contributed by atoms with Crippen molar-refractivity contribution in [2.24, 2.45) is 11.7 Å². The number of nitrogens with one attached hydrogen (secondary N) is 1. The van der Waals surface area contributed by atoms with Crippen LogP contribution in [0.2, 0.25) is 0 Å². The zero-order chi connectivity index (χ0) is 22.2. The quantitative estimate of drug-likeness (QED) is 0.467. The predicted molar refractivity (Wildman–Crippen MR) is 118 cm³/mol. The van der Waals surface area contributed by atoms with E-state index in [-0.39, 0.29) is 17.5 Å². The second kappa shape index (κ2) is 8.27. The molecule has 4 rings (SSSR count). The number of aliphatic carboxylic acids is 1. The first-order chi connectivity index (χ1) is 14.8. The van der Waals surface area contributed by atoms with Gasteiger partial charge in [0.2, 0.25) is 11.6 Å². The molecule has 1 fully saturated rings. The molecule has 0 bridgehead atoms. The van der Waals surface area contributed by atoms with E-state index in [0.29, 0.717) is 0 Å². The molecule has 1 saturated carbocycles. The third-order valence-corrected chi connectivity index (χ3v) is 6.92. The van der Waals surface area contributed by atoms with Gasteiger partial charge >= 0.3 is 5.97 Å². The molecule has 162 valence electrons. The van der Waals surface area contributed by atoms with Crippen LogP contribution in [-0.4, -0.2) is 34.2 Å². The summed E-state index contributed by atoms with van der Waals surface area (Å²) in [5, 5.41) is 13.7. The molecular weight excluding hydrogens is 392 g/mol. The number of hydrogen-bond acceptors (Lipinski definition) is 5. The van der Waals surface area contributed by atoms with Crippen LogP contribution < -0.4 is 11.1 Å². The van der Waals surface area contributed by atoms with E-state index in [9.17, 15) is 19.5 Å². The minimum Gasteiger partial charge on any atom is -0.480 e. The molecule has 0 saturated heterocycles. The molecule has 2 unspecified atom stereocenters. The summed E-state index contributed by atoms with van der Waals surface area (Å²) in [6, 6.07) is 14.5. The summed E-state index contributed by atoms with van der Waals surface area (Å²) in [7, 11) is 0. The largest absolute Gasteiger partial charge is 0.480 e. The van der Waals surface area contributed by atoms with Crippen molar-refractivity contribution in [1.82, 2.24) is 0 Å². The van der Waals surface area contributed by atoms with Gasteiger partial charge in [0.15, 0.2) is 0 Å². The van der Waals surface area contributed by atoms with Gasteiger partial charge in [-0.1, -0.05) is 55.8 Å². The standard InChI is InChI=1S/C25H28N2O4/c1-2-15-10-12-16(13-11-15)23(29)21(28)14-25(26,24(30)31)22-17-6-3-4-8-19(17)27-20-9-5-7-18(20)22/h3-4,6,8,10-13,18,20,22,27H,2,5,7,9,14,26H2,1H3,(H,30,31)/t18-,20+,22?,25?/m0/s1. The third-order valence-electron chi connectivity index (χ3n) is 6.92. The number of carboxylic acid groups (broad SMARTS) is 1. The van der Waals surface area contributed by atoms with Gasteiger partial charge in [0, 0.05) is 29.6 Å². The number of carbonyl (C=O) groups is 3. The van der Waals surface area contributed by atoms with Gasteiger partial charge in [0.1, 0.15) is 5.54 Å². The molecular formula is C25H28N2O4. The molecule has 31 heavy (non-hydrogen) atoms. The highest BCUT2D eigenvalue weighted by atomic mass is 16.4. The lowest BCUT2D eigenvalue weighted by Crippen LogP contribution is -2.59. The number of aryl methyl sites for hydroxylation is 1. The summed E-state index contributed by atoms with van der Waals surface area (Å²) < 4.78 is 0. The van der Waals surface area contributed by atoms with E-state index in [1.165, 1.54) is 0 Å². The number of carboxylic acids is 1. The lowest BCUT2D eigenvalue weighted by Gasteiger charge is -2.44. The van der Waals surface area contributed by atoms with Crippen molar-refractivity contribution in [2.45, 2.75) is 56.5 Å². The molecule has 2 aliphatic rings. The Balaban J connectivity index is 1.67. The van der Waals surface area contributed by atoms with Crippen molar-refractivity contribution in [1.29, 1.82) is 0 Å². The van der Waals surface area contributed by atoms with E-state index in [2.05, 4.69) is 5.32 Å². The monoisotopic (exact) mass is 420 g/mol. The maximum Gasteiger partial charge on any atom is 0.324 e. The molecule has 1 aliphatic carbocycles. The number of anilines is 1. The van der Waals surface area contributed by atoms with Crippen LogP contribution in [0.4, 0.5) is 5.69 Å². The van der Waals surface area contributed by atoms with Crippen LogP contribution in [0.1, 0.15) is 60.0 Å². The van der Waals surface area contributed by atoms with Gasteiger partial charge in [-0.3, -0.25) is 14.4 Å². The highest BCUT2D eigenvalue weighted by molar-refractivity contribution is 6.44. The van der Waals surface area contributed by atoms with E-state index in [4.69, 9.17) is 5.73 Å². The fraction of sp³-hybridized carbons (Fsp3) is 0.400. The molecule has 6 heteroatoms. The molecule has 0 amide bonds. The zero-order valence-corrected chi connectivity index (χ0v) is 17.6. The summed E-state index contributed by atoms with van der Waals surface area (Å²) in [4.78, 5) is 38.2. The number of ketones is 2. The van der Waals surface area contributed by atoms with Crippen molar-refractivity contribution >= 4 is 23.2 Å². The molecule has 6 nitrogen and oxygen atoms in total. The molecule has 2 aromatic rings. The Morgan fingerprint density at radius 3 is 2.48 bits per heavy atom. The number of rotatable bonds is 7. The molecule has 1 aliphatic heterocycles. The molecule has 0 radical (unpaired) electrons. The number of Topliss-reactive ketones (excluding diaryl/α,β-unsaturated/α-hetero) is 2. The highest BCUT2D eigenvalue weighted by Gasteiger charge is 2.53. The summed E-state index contributed by atoms with van der Waals surface area (Å²) in [6.07, 6.45) is 3.04. The molecule has 1 heterocycles. The van der Waals surface area contributed by atoms with Gasteiger partial charge in [-0.25, -0.2) is 0 Å². The lowest BCUT2D eigenvalue weighted by molar-refractivity contribution is -0.146. The SMILES string of the molecule is CCc1ccc(C(=O)C(=O)CC(N)(C(=O)O)C2c3ccccc3N[C@@H]3CCC[C@H]23)cc1. The third kappa shape index (κ3) is 3.76. The highest BCUT2D eigenvalue weighted by Crippen LogP contribution is 2.50. The summed E-state index contributed by atoms with van der Waals surface area (Å²) >= 11 is 0. The van der Waals surface area contributed by atoms with Gasteiger partial charge in [-0.05, 0) is 42.4 Å². The Hall–Kier alpha value is -2.99. The van der Waals surface area contributed by atoms with Crippen LogP contribution in [0.25, 0.3) is 0 Å². The summed E-state index contributed by atoms with van der Waals surface area (Å²) in [5.41, 5.74) is 7.68. The van der Waals surface area contributed by atoms with Gasteiger partial charge in [-0.2, -0.15) is 0 Å². The second-order valence-corrected chi connectivity index (χ2v) is 8.74. The van der Waals surface area contributed by atoms with Crippen LogP contribution >= 0.6 is 0 Å². The van der Waals surface area contributed by atoms with E-state index in [0.717, 1.165) is 42.5 Å². The number of carbonyl (C=O) groups excluding carboxylic acids is 2. The topological polar surface area (TPSA) is 109 Å². The number of fused-ring (bicyclic) bond motifs is 2. The summed E-state index contributed by atoms with van der Waals surface area (Å²) in [5.74, 6) is -3.25. The Kier molecular flexibility index (Phi) is 5.67. The zero-order valence-electron chi connectivity index (χ0n) is 17.6. The molecule has 4 N–H and O–H groups in total. The Labute approximate surface area is 181 Å². The van der Waals surface area contributed by atoms with Crippen molar-refractivity contribution in [3.8, 4) is 0 Å². The van der Waals surface area contributed by atoms with E-state index in [1.807, 2.05) is 31.2 Å². The Morgan fingerprint density at radius 2 is 1.81 bits per heavy atom. The van der Waals surface area contributed by atoms with Gasteiger partial charge < -0.3 is 16.2 Å². The maximum absolute atomic E-state index is 13.0. The summed E-state index contributed by atoms with van der Waals surface area (Å²) in [6.45, 7) is 2.00. The number of benzene rings is 2. The van der Waals surface area contributed by atoms with Crippen LogP contribution in [0, 0.1) is 5.92 Å².